The number of benzene rings is 1. The molecule has 0 aliphatic heterocycles. The van der Waals surface area contributed by atoms with E-state index in [-0.39, 0.29) is 0 Å². The molecular weight excluding hydrogens is 260 g/mol. The number of rotatable bonds is 6. The van der Waals surface area contributed by atoms with Crippen LogP contribution in [0.3, 0.4) is 0 Å². The Morgan fingerprint density at radius 2 is 2.11 bits per heavy atom. The average molecular weight is 277 g/mol. The van der Waals surface area contributed by atoms with E-state index in [0.29, 0.717) is 6.04 Å². The summed E-state index contributed by atoms with van der Waals surface area (Å²) >= 11 is 5.94. The Bertz CT molecular complexity index is 505. The predicted octanol–water partition coefficient (Wildman–Crippen LogP) is 2.74. The molecule has 3 rings (SSSR count). The van der Waals surface area contributed by atoms with Crippen molar-refractivity contribution in [3.63, 3.8) is 0 Å². The molecule has 1 fully saturated rings. The highest BCUT2D eigenvalue weighted by Crippen LogP contribution is 2.41. The summed E-state index contributed by atoms with van der Waals surface area (Å²) in [6.45, 7) is 0.902. The zero-order chi connectivity index (χ0) is 13.1. The molecule has 4 nitrogen and oxygen atoms in total. The fraction of sp³-hybridized carbons (Fsp3) is 0.429. The summed E-state index contributed by atoms with van der Waals surface area (Å²) in [5.41, 5.74) is 1.32. The van der Waals surface area contributed by atoms with Crippen LogP contribution in [0.2, 0.25) is 5.02 Å². The van der Waals surface area contributed by atoms with Crippen molar-refractivity contribution in [3.05, 3.63) is 47.0 Å². The predicted molar refractivity (Wildman–Crippen MR) is 75.0 cm³/mol. The van der Waals surface area contributed by atoms with Gasteiger partial charge >= 0.3 is 0 Å². The summed E-state index contributed by atoms with van der Waals surface area (Å²) < 4.78 is 0. The average Bonchev–Trinajstić information content (AvgIpc) is 3.13. The Morgan fingerprint density at radius 3 is 2.74 bits per heavy atom. The largest absolute Gasteiger partial charge is 0.309 e. The SMILES string of the molecule is Clc1ccc(C(NCCc2ncn[nH]2)C2CC2)cc1. The Hall–Kier alpha value is -1.39. The Labute approximate surface area is 117 Å². The number of hydrogen-bond donors (Lipinski definition) is 2. The number of aromatic nitrogens is 3. The van der Waals surface area contributed by atoms with Gasteiger partial charge in [0.1, 0.15) is 12.2 Å². The van der Waals surface area contributed by atoms with E-state index < -0.39 is 0 Å². The van der Waals surface area contributed by atoms with E-state index in [2.05, 4.69) is 32.6 Å². The highest BCUT2D eigenvalue weighted by molar-refractivity contribution is 6.30. The summed E-state index contributed by atoms with van der Waals surface area (Å²) in [5, 5.41) is 11.2. The van der Waals surface area contributed by atoms with E-state index in [4.69, 9.17) is 11.6 Å². The minimum absolute atomic E-state index is 0.431. The van der Waals surface area contributed by atoms with Gasteiger partial charge in [-0.1, -0.05) is 23.7 Å². The van der Waals surface area contributed by atoms with E-state index in [1.165, 1.54) is 18.4 Å². The second-order valence-electron chi connectivity index (χ2n) is 5.00. The second-order valence-corrected chi connectivity index (χ2v) is 5.44. The van der Waals surface area contributed by atoms with Gasteiger partial charge in [0.15, 0.2) is 0 Å². The lowest BCUT2D eigenvalue weighted by molar-refractivity contribution is 0.481. The standard InChI is InChI=1S/C14H17ClN4/c15-12-5-3-11(4-6-12)14(10-1-2-10)16-8-7-13-17-9-18-19-13/h3-6,9-10,14,16H,1-2,7-8H2,(H,17,18,19). The minimum atomic E-state index is 0.431. The molecule has 1 aliphatic rings. The summed E-state index contributed by atoms with van der Waals surface area (Å²) in [6.07, 6.45) is 5.04. The van der Waals surface area contributed by atoms with Crippen molar-refractivity contribution >= 4 is 11.6 Å². The first kappa shape index (κ1) is 12.6. The fourth-order valence-corrected chi connectivity index (χ4v) is 2.48. The Balaban J connectivity index is 1.60. The highest BCUT2D eigenvalue weighted by atomic mass is 35.5. The van der Waals surface area contributed by atoms with Crippen molar-refractivity contribution in [2.24, 2.45) is 5.92 Å². The first-order chi connectivity index (χ1) is 9.33. The van der Waals surface area contributed by atoms with Crippen LogP contribution in [0.25, 0.3) is 0 Å². The topological polar surface area (TPSA) is 53.6 Å². The van der Waals surface area contributed by atoms with Gasteiger partial charge in [-0.2, -0.15) is 5.10 Å². The van der Waals surface area contributed by atoms with Crippen molar-refractivity contribution in [3.8, 4) is 0 Å². The highest BCUT2D eigenvalue weighted by Gasteiger charge is 2.31. The van der Waals surface area contributed by atoms with Crippen LogP contribution in [0, 0.1) is 5.92 Å². The van der Waals surface area contributed by atoms with Crippen molar-refractivity contribution in [2.45, 2.75) is 25.3 Å². The molecule has 100 valence electrons. The molecule has 0 radical (unpaired) electrons. The fourth-order valence-electron chi connectivity index (χ4n) is 2.35. The minimum Gasteiger partial charge on any atom is -0.309 e. The number of halogens is 1. The number of aromatic amines is 1. The first-order valence-corrected chi connectivity index (χ1v) is 7.04. The van der Waals surface area contributed by atoms with Crippen LogP contribution in [-0.4, -0.2) is 21.7 Å². The van der Waals surface area contributed by atoms with E-state index in [1.807, 2.05) is 12.1 Å². The van der Waals surface area contributed by atoms with Gasteiger partial charge in [-0.15, -0.1) is 0 Å². The van der Waals surface area contributed by atoms with E-state index in [1.54, 1.807) is 6.33 Å². The zero-order valence-electron chi connectivity index (χ0n) is 10.6. The van der Waals surface area contributed by atoms with E-state index in [0.717, 1.165) is 29.7 Å². The molecule has 1 heterocycles. The van der Waals surface area contributed by atoms with Crippen molar-refractivity contribution < 1.29 is 0 Å². The van der Waals surface area contributed by atoms with Crippen molar-refractivity contribution in [1.82, 2.24) is 20.5 Å². The molecule has 19 heavy (non-hydrogen) atoms. The molecule has 0 bridgehead atoms. The smallest absolute Gasteiger partial charge is 0.137 e. The van der Waals surface area contributed by atoms with Crippen LogP contribution in [-0.2, 0) is 6.42 Å². The van der Waals surface area contributed by atoms with Gasteiger partial charge in [0.2, 0.25) is 0 Å². The number of nitrogens with one attached hydrogen (secondary N) is 2. The molecule has 2 aromatic rings. The molecule has 0 spiro atoms. The van der Waals surface area contributed by atoms with Gasteiger partial charge in [0.05, 0.1) is 0 Å². The van der Waals surface area contributed by atoms with Crippen LogP contribution in [0.5, 0.6) is 0 Å². The molecule has 2 N–H and O–H groups in total. The number of H-pyrrole nitrogens is 1. The first-order valence-electron chi connectivity index (χ1n) is 6.66. The van der Waals surface area contributed by atoms with Gasteiger partial charge in [-0.25, -0.2) is 4.98 Å². The molecule has 1 aromatic carbocycles. The maximum atomic E-state index is 5.94. The lowest BCUT2D eigenvalue weighted by Gasteiger charge is -2.18. The third kappa shape index (κ3) is 3.33. The second kappa shape index (κ2) is 5.72. The molecular formula is C14H17ClN4. The maximum Gasteiger partial charge on any atom is 0.137 e. The third-order valence-corrected chi connectivity index (χ3v) is 3.77. The van der Waals surface area contributed by atoms with Crippen LogP contribution in [0.15, 0.2) is 30.6 Å². The van der Waals surface area contributed by atoms with Gasteiger partial charge < -0.3 is 5.32 Å². The van der Waals surface area contributed by atoms with E-state index in [9.17, 15) is 0 Å². The van der Waals surface area contributed by atoms with Gasteiger partial charge in [-0.05, 0) is 36.5 Å². The monoisotopic (exact) mass is 276 g/mol. The lowest BCUT2D eigenvalue weighted by atomic mass is 10.0. The van der Waals surface area contributed by atoms with Crippen LogP contribution in [0.1, 0.15) is 30.3 Å². The third-order valence-electron chi connectivity index (χ3n) is 3.51. The maximum absolute atomic E-state index is 5.94. The normalized spacial score (nSPS) is 16.5. The van der Waals surface area contributed by atoms with Crippen LogP contribution in [0.4, 0.5) is 0 Å². The zero-order valence-corrected chi connectivity index (χ0v) is 11.4. The van der Waals surface area contributed by atoms with Crippen molar-refractivity contribution in [2.75, 3.05) is 6.54 Å². The summed E-state index contributed by atoms with van der Waals surface area (Å²) in [7, 11) is 0. The van der Waals surface area contributed by atoms with Crippen molar-refractivity contribution in [1.29, 1.82) is 0 Å². The Kier molecular flexibility index (Phi) is 3.80. The molecule has 0 saturated heterocycles. The molecule has 1 aliphatic carbocycles. The summed E-state index contributed by atoms with van der Waals surface area (Å²) in [5.74, 6) is 1.69. The molecule has 5 heteroatoms. The molecule has 1 saturated carbocycles. The molecule has 1 atom stereocenters. The number of nitrogens with zero attached hydrogens (tertiary/aromatic N) is 2. The van der Waals surface area contributed by atoms with Gasteiger partial charge in [0.25, 0.3) is 0 Å². The Morgan fingerprint density at radius 1 is 1.32 bits per heavy atom. The quantitative estimate of drug-likeness (QED) is 0.853. The summed E-state index contributed by atoms with van der Waals surface area (Å²) in [4.78, 5) is 4.13. The van der Waals surface area contributed by atoms with Crippen LogP contribution >= 0.6 is 11.6 Å². The molecule has 1 aromatic heterocycles. The van der Waals surface area contributed by atoms with Gasteiger partial charge in [-0.3, -0.25) is 5.10 Å². The summed E-state index contributed by atoms with van der Waals surface area (Å²) in [6, 6.07) is 8.59. The number of hydrogen-bond acceptors (Lipinski definition) is 3. The van der Waals surface area contributed by atoms with Crippen LogP contribution < -0.4 is 5.32 Å². The van der Waals surface area contributed by atoms with Gasteiger partial charge in [0, 0.05) is 24.0 Å². The molecule has 0 amide bonds. The lowest BCUT2D eigenvalue weighted by Crippen LogP contribution is -2.25. The molecule has 1 unspecified atom stereocenters. The van der Waals surface area contributed by atoms with E-state index >= 15 is 0 Å².